The van der Waals surface area contributed by atoms with Gasteiger partial charge in [0.1, 0.15) is 16.7 Å². The smallest absolute Gasteiger partial charge is 0.307 e. The largest absolute Gasteiger partial charge is 0.489 e. The standard InChI is InChI=1S/C21H17Cl2NO4S2/c1-27-19(25)7-8-24-20(26)18(30-21(24)29)10-13-3-2-4-16(9-13)28-12-14-5-6-15(22)11-17(14)23/h2-6,9-11H,7-8,12H2,1H3/b18-10+. The van der Waals surface area contributed by atoms with Crippen molar-refractivity contribution in [2.45, 2.75) is 13.0 Å². The first-order valence-electron chi connectivity index (χ1n) is 8.86. The molecule has 1 aliphatic heterocycles. The first-order valence-corrected chi connectivity index (χ1v) is 10.8. The molecule has 1 saturated heterocycles. The number of ether oxygens (including phenoxy) is 2. The molecule has 0 atom stereocenters. The second kappa shape index (κ2) is 10.3. The van der Waals surface area contributed by atoms with E-state index in [-0.39, 0.29) is 25.5 Å². The Hall–Kier alpha value is -2.06. The fourth-order valence-corrected chi connectivity index (χ4v) is 4.41. The summed E-state index contributed by atoms with van der Waals surface area (Å²) < 4.78 is 10.9. The van der Waals surface area contributed by atoms with Gasteiger partial charge in [0.2, 0.25) is 0 Å². The van der Waals surface area contributed by atoms with Crippen LogP contribution >= 0.6 is 47.2 Å². The van der Waals surface area contributed by atoms with E-state index in [9.17, 15) is 9.59 Å². The van der Waals surface area contributed by atoms with Crippen molar-refractivity contribution in [3.63, 3.8) is 0 Å². The Balaban J connectivity index is 1.68. The second-order valence-corrected chi connectivity index (χ2v) is 8.78. The minimum Gasteiger partial charge on any atom is -0.489 e. The summed E-state index contributed by atoms with van der Waals surface area (Å²) in [6, 6.07) is 12.6. The number of carbonyl (C=O) groups is 2. The lowest BCUT2D eigenvalue weighted by molar-refractivity contribution is -0.140. The van der Waals surface area contributed by atoms with Crippen LogP contribution in [-0.2, 0) is 20.9 Å². The lowest BCUT2D eigenvalue weighted by atomic mass is 10.2. The van der Waals surface area contributed by atoms with Crippen molar-refractivity contribution in [2.75, 3.05) is 13.7 Å². The Kier molecular flexibility index (Phi) is 7.77. The van der Waals surface area contributed by atoms with E-state index in [2.05, 4.69) is 4.74 Å². The van der Waals surface area contributed by atoms with Gasteiger partial charge in [-0.25, -0.2) is 0 Å². The molecule has 0 bridgehead atoms. The van der Waals surface area contributed by atoms with Gasteiger partial charge in [0.15, 0.2) is 0 Å². The minimum absolute atomic E-state index is 0.0901. The Morgan fingerprint density at radius 1 is 1.23 bits per heavy atom. The van der Waals surface area contributed by atoms with Crippen molar-refractivity contribution in [1.82, 2.24) is 4.90 Å². The van der Waals surface area contributed by atoms with Crippen LogP contribution in [0.1, 0.15) is 17.5 Å². The van der Waals surface area contributed by atoms with Gasteiger partial charge in [-0.05, 0) is 35.9 Å². The number of hydrogen-bond acceptors (Lipinski definition) is 6. The van der Waals surface area contributed by atoms with E-state index in [0.29, 0.717) is 25.0 Å². The topological polar surface area (TPSA) is 55.8 Å². The van der Waals surface area contributed by atoms with Gasteiger partial charge in [-0.2, -0.15) is 0 Å². The Labute approximate surface area is 193 Å². The molecule has 0 spiro atoms. The average molecular weight is 482 g/mol. The Bertz CT molecular complexity index is 1030. The third-order valence-electron chi connectivity index (χ3n) is 4.21. The maximum absolute atomic E-state index is 12.6. The Morgan fingerprint density at radius 3 is 2.77 bits per heavy atom. The highest BCUT2D eigenvalue weighted by atomic mass is 35.5. The molecule has 9 heteroatoms. The van der Waals surface area contributed by atoms with Crippen LogP contribution in [0.4, 0.5) is 0 Å². The molecule has 0 aliphatic carbocycles. The van der Waals surface area contributed by atoms with Crippen LogP contribution in [0.5, 0.6) is 5.75 Å². The molecule has 2 aromatic carbocycles. The second-order valence-electron chi connectivity index (χ2n) is 6.26. The summed E-state index contributed by atoms with van der Waals surface area (Å²) in [5, 5.41) is 1.10. The fraction of sp³-hybridized carbons (Fsp3) is 0.190. The van der Waals surface area contributed by atoms with E-state index in [1.54, 1.807) is 18.2 Å². The maximum Gasteiger partial charge on any atom is 0.307 e. The predicted octanol–water partition coefficient (Wildman–Crippen LogP) is 5.34. The van der Waals surface area contributed by atoms with Crippen molar-refractivity contribution in [1.29, 1.82) is 0 Å². The minimum atomic E-state index is -0.390. The molecule has 3 rings (SSSR count). The van der Waals surface area contributed by atoms with E-state index in [1.807, 2.05) is 30.3 Å². The van der Waals surface area contributed by atoms with Crippen LogP contribution in [0, 0.1) is 0 Å². The molecular weight excluding hydrogens is 465 g/mol. The molecule has 1 fully saturated rings. The Morgan fingerprint density at radius 2 is 2.03 bits per heavy atom. The summed E-state index contributed by atoms with van der Waals surface area (Å²) in [4.78, 5) is 25.9. The summed E-state index contributed by atoms with van der Waals surface area (Å²) >= 11 is 18.6. The molecule has 5 nitrogen and oxygen atoms in total. The highest BCUT2D eigenvalue weighted by molar-refractivity contribution is 8.26. The molecule has 0 radical (unpaired) electrons. The number of esters is 1. The van der Waals surface area contributed by atoms with Crippen molar-refractivity contribution < 1.29 is 19.1 Å². The quantitative estimate of drug-likeness (QED) is 0.302. The molecule has 0 saturated carbocycles. The van der Waals surface area contributed by atoms with Gasteiger partial charge in [0, 0.05) is 22.2 Å². The lowest BCUT2D eigenvalue weighted by Crippen LogP contribution is -2.30. The maximum atomic E-state index is 12.6. The normalized spacial score (nSPS) is 15.0. The predicted molar refractivity (Wildman–Crippen MR) is 124 cm³/mol. The van der Waals surface area contributed by atoms with Crippen molar-refractivity contribution >= 4 is 69.5 Å². The summed E-state index contributed by atoms with van der Waals surface area (Å²) in [5.74, 6) is 0.0165. The molecule has 0 unspecified atom stereocenters. The number of amides is 1. The van der Waals surface area contributed by atoms with E-state index in [1.165, 1.54) is 23.8 Å². The highest BCUT2D eigenvalue weighted by Gasteiger charge is 2.32. The number of thioether (sulfide) groups is 1. The average Bonchev–Trinajstić information content (AvgIpc) is 2.98. The van der Waals surface area contributed by atoms with Crippen LogP contribution < -0.4 is 4.74 Å². The molecule has 0 N–H and O–H groups in total. The van der Waals surface area contributed by atoms with Crippen LogP contribution in [0.25, 0.3) is 6.08 Å². The first-order chi connectivity index (χ1) is 14.4. The van der Waals surface area contributed by atoms with Gasteiger partial charge in [0.25, 0.3) is 5.91 Å². The molecule has 156 valence electrons. The molecular formula is C21H17Cl2NO4S2. The number of thiocarbonyl (C=S) groups is 1. The van der Waals surface area contributed by atoms with Crippen LogP contribution in [0.3, 0.4) is 0 Å². The van der Waals surface area contributed by atoms with Gasteiger partial charge in [-0.3, -0.25) is 14.5 Å². The van der Waals surface area contributed by atoms with E-state index in [4.69, 9.17) is 40.2 Å². The number of nitrogens with zero attached hydrogens (tertiary/aromatic N) is 1. The summed E-state index contributed by atoms with van der Waals surface area (Å²) in [5.41, 5.74) is 1.61. The van der Waals surface area contributed by atoms with Crippen LogP contribution in [0.15, 0.2) is 47.4 Å². The van der Waals surface area contributed by atoms with E-state index < -0.39 is 5.97 Å². The summed E-state index contributed by atoms with van der Waals surface area (Å²) in [6.45, 7) is 0.481. The lowest BCUT2D eigenvalue weighted by Gasteiger charge is -2.13. The number of carbonyl (C=O) groups excluding carboxylic acids is 2. The summed E-state index contributed by atoms with van der Waals surface area (Å²) in [7, 11) is 1.31. The van der Waals surface area contributed by atoms with Crippen molar-refractivity contribution in [2.24, 2.45) is 0 Å². The van der Waals surface area contributed by atoms with Crippen molar-refractivity contribution in [3.8, 4) is 5.75 Å². The molecule has 1 heterocycles. The van der Waals surface area contributed by atoms with E-state index >= 15 is 0 Å². The van der Waals surface area contributed by atoms with Gasteiger partial charge in [-0.15, -0.1) is 0 Å². The first kappa shape index (κ1) is 22.6. The molecule has 1 aliphatic rings. The molecule has 30 heavy (non-hydrogen) atoms. The molecule has 1 amide bonds. The SMILES string of the molecule is COC(=O)CCN1C(=O)/C(=C\c2cccc(OCc3ccc(Cl)cc3Cl)c2)SC1=S. The summed E-state index contributed by atoms with van der Waals surface area (Å²) in [6.07, 6.45) is 1.84. The third kappa shape index (κ3) is 5.76. The monoisotopic (exact) mass is 481 g/mol. The third-order valence-corrected chi connectivity index (χ3v) is 6.17. The highest BCUT2D eigenvalue weighted by Crippen LogP contribution is 2.33. The number of benzene rings is 2. The van der Waals surface area contributed by atoms with Gasteiger partial charge in [-0.1, -0.05) is 65.4 Å². The van der Waals surface area contributed by atoms with Gasteiger partial charge >= 0.3 is 5.97 Å². The number of halogens is 2. The van der Waals surface area contributed by atoms with Crippen LogP contribution in [-0.4, -0.2) is 34.8 Å². The number of hydrogen-bond donors (Lipinski definition) is 0. The zero-order valence-electron chi connectivity index (χ0n) is 15.9. The zero-order valence-corrected chi connectivity index (χ0v) is 19.0. The van der Waals surface area contributed by atoms with E-state index in [0.717, 1.165) is 11.1 Å². The number of rotatable bonds is 7. The van der Waals surface area contributed by atoms with Gasteiger partial charge in [0.05, 0.1) is 18.4 Å². The fourth-order valence-electron chi connectivity index (χ4n) is 2.64. The molecule has 2 aromatic rings. The number of methoxy groups -OCH3 is 1. The van der Waals surface area contributed by atoms with Crippen molar-refractivity contribution in [3.05, 3.63) is 68.5 Å². The van der Waals surface area contributed by atoms with Gasteiger partial charge < -0.3 is 9.47 Å². The van der Waals surface area contributed by atoms with Crippen LogP contribution in [0.2, 0.25) is 10.0 Å². The zero-order chi connectivity index (χ0) is 21.7. The molecule has 0 aromatic heterocycles.